The summed E-state index contributed by atoms with van der Waals surface area (Å²) in [5.41, 5.74) is 5.26. The van der Waals surface area contributed by atoms with Gasteiger partial charge >= 0.3 is 0 Å². The first-order valence-corrected chi connectivity index (χ1v) is 7.53. The Labute approximate surface area is 90.5 Å². The molecule has 0 aliphatic rings. The fraction of sp³-hybridized carbons (Fsp3) is 0.500. The molecule has 0 fully saturated rings. The first-order chi connectivity index (χ1) is 6.79. The molecular formula is C8H15NO4S2. The van der Waals surface area contributed by atoms with Crippen LogP contribution >= 0.6 is 0 Å². The first-order valence-electron chi connectivity index (χ1n) is 4.20. The molecule has 0 rings (SSSR count). The lowest BCUT2D eigenvalue weighted by molar-refractivity contribution is 0.581. The van der Waals surface area contributed by atoms with E-state index >= 15 is 0 Å². The van der Waals surface area contributed by atoms with Gasteiger partial charge in [-0.05, 0) is 6.42 Å². The molecule has 1 unspecified atom stereocenters. The SMILES string of the molecule is C=CS(=O)(=O)CCC(CN)S(=O)(=O)C=C. The summed E-state index contributed by atoms with van der Waals surface area (Å²) in [7, 11) is -6.88. The summed E-state index contributed by atoms with van der Waals surface area (Å²) in [6.07, 6.45) is -0.0425. The second-order valence-electron chi connectivity index (χ2n) is 2.94. The zero-order chi connectivity index (χ0) is 12.1. The summed E-state index contributed by atoms with van der Waals surface area (Å²) in [4.78, 5) is 0. The van der Waals surface area contributed by atoms with Crippen LogP contribution in [-0.4, -0.2) is 34.4 Å². The van der Waals surface area contributed by atoms with Crippen LogP contribution in [0.15, 0.2) is 24.0 Å². The van der Waals surface area contributed by atoms with Crippen molar-refractivity contribution in [3.63, 3.8) is 0 Å². The molecule has 0 aliphatic carbocycles. The van der Waals surface area contributed by atoms with Crippen molar-refractivity contribution >= 4 is 19.7 Å². The van der Waals surface area contributed by atoms with Gasteiger partial charge in [0.05, 0.1) is 11.0 Å². The van der Waals surface area contributed by atoms with Gasteiger partial charge in [-0.1, -0.05) is 13.2 Å². The quantitative estimate of drug-likeness (QED) is 0.679. The van der Waals surface area contributed by atoms with Crippen LogP contribution in [0, 0.1) is 0 Å². The minimum absolute atomic E-state index is 0.0425. The minimum Gasteiger partial charge on any atom is -0.329 e. The third-order valence-electron chi connectivity index (χ3n) is 1.94. The maximum atomic E-state index is 11.3. The maximum Gasteiger partial charge on any atom is 0.175 e. The largest absolute Gasteiger partial charge is 0.329 e. The lowest BCUT2D eigenvalue weighted by Crippen LogP contribution is -2.30. The van der Waals surface area contributed by atoms with Crippen molar-refractivity contribution in [2.75, 3.05) is 12.3 Å². The Morgan fingerprint density at radius 3 is 2.00 bits per heavy atom. The predicted octanol–water partition coefficient (Wildman–Crippen LogP) is -0.180. The first kappa shape index (κ1) is 14.3. The highest BCUT2D eigenvalue weighted by Gasteiger charge is 2.22. The van der Waals surface area contributed by atoms with Gasteiger partial charge in [0.15, 0.2) is 19.7 Å². The van der Waals surface area contributed by atoms with E-state index in [1.165, 1.54) is 0 Å². The summed E-state index contributed by atoms with van der Waals surface area (Å²) >= 11 is 0. The molecule has 88 valence electrons. The van der Waals surface area contributed by atoms with Gasteiger partial charge in [-0.25, -0.2) is 16.8 Å². The molecule has 0 aliphatic heterocycles. The zero-order valence-electron chi connectivity index (χ0n) is 8.29. The summed E-state index contributed by atoms with van der Waals surface area (Å²) < 4.78 is 44.7. The topological polar surface area (TPSA) is 94.3 Å². The molecule has 0 bridgehead atoms. The fourth-order valence-electron chi connectivity index (χ4n) is 0.931. The van der Waals surface area contributed by atoms with Gasteiger partial charge in [-0.3, -0.25) is 0 Å². The van der Waals surface area contributed by atoms with Gasteiger partial charge in [0.1, 0.15) is 0 Å². The summed E-state index contributed by atoms with van der Waals surface area (Å²) in [6.45, 7) is 6.16. The average Bonchev–Trinajstić information content (AvgIpc) is 2.18. The number of hydrogen-bond donors (Lipinski definition) is 1. The van der Waals surface area contributed by atoms with Crippen molar-refractivity contribution in [2.24, 2.45) is 5.73 Å². The molecule has 0 aromatic heterocycles. The van der Waals surface area contributed by atoms with Gasteiger partial charge in [-0.2, -0.15) is 0 Å². The van der Waals surface area contributed by atoms with E-state index in [4.69, 9.17) is 5.73 Å². The van der Waals surface area contributed by atoms with Crippen LogP contribution in [0.4, 0.5) is 0 Å². The van der Waals surface area contributed by atoms with Crippen molar-refractivity contribution in [2.45, 2.75) is 11.7 Å². The number of rotatable bonds is 7. The van der Waals surface area contributed by atoms with Crippen molar-refractivity contribution in [3.8, 4) is 0 Å². The molecule has 1 atom stereocenters. The Kier molecular flexibility index (Phi) is 5.19. The molecule has 0 saturated heterocycles. The van der Waals surface area contributed by atoms with E-state index in [1.54, 1.807) is 0 Å². The average molecular weight is 253 g/mol. The van der Waals surface area contributed by atoms with Crippen molar-refractivity contribution in [3.05, 3.63) is 24.0 Å². The van der Waals surface area contributed by atoms with Crippen LogP contribution < -0.4 is 5.73 Å². The highest BCUT2D eigenvalue weighted by atomic mass is 32.2. The number of sulfone groups is 2. The van der Waals surface area contributed by atoms with Crippen molar-refractivity contribution in [1.29, 1.82) is 0 Å². The van der Waals surface area contributed by atoms with Gasteiger partial charge in [0, 0.05) is 17.4 Å². The molecule has 0 heterocycles. The van der Waals surface area contributed by atoms with Gasteiger partial charge in [0.2, 0.25) is 0 Å². The smallest absolute Gasteiger partial charge is 0.175 e. The van der Waals surface area contributed by atoms with Gasteiger partial charge in [0.25, 0.3) is 0 Å². The molecule has 0 aromatic carbocycles. The predicted molar refractivity (Wildman–Crippen MR) is 60.6 cm³/mol. The Morgan fingerprint density at radius 2 is 1.67 bits per heavy atom. The fourth-order valence-corrected chi connectivity index (χ4v) is 2.85. The van der Waals surface area contributed by atoms with Gasteiger partial charge < -0.3 is 5.73 Å². The zero-order valence-corrected chi connectivity index (χ0v) is 9.93. The van der Waals surface area contributed by atoms with Crippen LogP contribution in [0.1, 0.15) is 6.42 Å². The monoisotopic (exact) mass is 253 g/mol. The summed E-state index contributed by atoms with van der Waals surface area (Å²) in [6, 6.07) is 0. The van der Waals surface area contributed by atoms with E-state index in [1.807, 2.05) is 0 Å². The van der Waals surface area contributed by atoms with Crippen LogP contribution in [0.3, 0.4) is 0 Å². The number of nitrogens with two attached hydrogens (primary N) is 1. The minimum atomic E-state index is -3.50. The van der Waals surface area contributed by atoms with Gasteiger partial charge in [-0.15, -0.1) is 0 Å². The van der Waals surface area contributed by atoms with Crippen LogP contribution in [-0.2, 0) is 19.7 Å². The standard InChI is InChI=1S/C8H15NO4S2/c1-3-14(10,11)6-5-8(7-9)15(12,13)4-2/h3-4,8H,1-2,5-7,9H2. The molecule has 2 N–H and O–H groups in total. The third-order valence-corrected chi connectivity index (χ3v) is 5.07. The molecular weight excluding hydrogens is 238 g/mol. The van der Waals surface area contributed by atoms with E-state index in [0.717, 1.165) is 10.8 Å². The van der Waals surface area contributed by atoms with Crippen LogP contribution in [0.2, 0.25) is 0 Å². The molecule has 5 nitrogen and oxygen atoms in total. The lowest BCUT2D eigenvalue weighted by atomic mass is 10.3. The molecule has 0 radical (unpaired) electrons. The van der Waals surface area contributed by atoms with Crippen molar-refractivity contribution < 1.29 is 16.8 Å². The number of hydrogen-bond acceptors (Lipinski definition) is 5. The molecule has 0 amide bonds. The van der Waals surface area contributed by atoms with Crippen LogP contribution in [0.25, 0.3) is 0 Å². The van der Waals surface area contributed by atoms with E-state index < -0.39 is 24.9 Å². The summed E-state index contributed by atoms with van der Waals surface area (Å²) in [5.74, 6) is -0.272. The Balaban J connectivity index is 4.65. The molecule has 0 spiro atoms. The molecule has 15 heavy (non-hydrogen) atoms. The molecule has 0 aromatic rings. The van der Waals surface area contributed by atoms with E-state index in [0.29, 0.717) is 0 Å². The van der Waals surface area contributed by atoms with Crippen LogP contribution in [0.5, 0.6) is 0 Å². The van der Waals surface area contributed by atoms with E-state index in [9.17, 15) is 16.8 Å². The second kappa shape index (κ2) is 5.43. The Morgan fingerprint density at radius 1 is 1.13 bits per heavy atom. The van der Waals surface area contributed by atoms with Crippen molar-refractivity contribution in [1.82, 2.24) is 0 Å². The normalized spacial score (nSPS) is 14.5. The molecule has 7 heteroatoms. The highest BCUT2D eigenvalue weighted by Crippen LogP contribution is 2.09. The lowest BCUT2D eigenvalue weighted by Gasteiger charge is -2.11. The Hall–Kier alpha value is -0.660. The van der Waals surface area contributed by atoms with E-state index in [-0.39, 0.29) is 18.7 Å². The highest BCUT2D eigenvalue weighted by molar-refractivity contribution is 7.95. The maximum absolute atomic E-state index is 11.3. The summed E-state index contributed by atoms with van der Waals surface area (Å²) in [5, 5.41) is 0.705. The third kappa shape index (κ3) is 4.59. The Bertz CT molecular complexity index is 422. The van der Waals surface area contributed by atoms with E-state index in [2.05, 4.69) is 13.2 Å². The molecule has 0 saturated carbocycles. The second-order valence-corrected chi connectivity index (χ2v) is 7.18.